The second-order valence-corrected chi connectivity index (χ2v) is 8.08. The largest absolute Gasteiger partial charge is 0.459 e. The van der Waals surface area contributed by atoms with Gasteiger partial charge in [0, 0.05) is 30.9 Å². The lowest BCUT2D eigenvalue weighted by Crippen LogP contribution is -2.45. The molecule has 1 aliphatic heterocycles. The van der Waals surface area contributed by atoms with Gasteiger partial charge in [0.25, 0.3) is 5.91 Å². The lowest BCUT2D eigenvalue weighted by molar-refractivity contribution is -0.126. The number of amides is 2. The van der Waals surface area contributed by atoms with Crippen LogP contribution in [0.2, 0.25) is 0 Å². The van der Waals surface area contributed by atoms with Gasteiger partial charge in [-0.1, -0.05) is 30.3 Å². The summed E-state index contributed by atoms with van der Waals surface area (Å²) in [6.07, 6.45) is 3.07. The van der Waals surface area contributed by atoms with Crippen LogP contribution in [0.5, 0.6) is 0 Å². The fourth-order valence-corrected chi connectivity index (χ4v) is 4.15. The number of furan rings is 1. The zero-order valence-electron chi connectivity index (χ0n) is 18.0. The van der Waals surface area contributed by atoms with Crippen LogP contribution in [0.15, 0.2) is 53.1 Å². The Morgan fingerprint density at radius 1 is 1.16 bits per heavy atom. The van der Waals surface area contributed by atoms with Gasteiger partial charge in [-0.25, -0.2) is 0 Å². The van der Waals surface area contributed by atoms with Crippen molar-refractivity contribution in [3.63, 3.8) is 0 Å². The number of carbonyl (C=O) groups excluding carboxylic acids is 2. The molecule has 1 unspecified atom stereocenters. The zero-order valence-corrected chi connectivity index (χ0v) is 18.0. The highest BCUT2D eigenvalue weighted by atomic mass is 16.3. The summed E-state index contributed by atoms with van der Waals surface area (Å²) in [6.45, 7) is 6.21. The molecule has 0 radical (unpaired) electrons. The van der Waals surface area contributed by atoms with Crippen LogP contribution in [-0.4, -0.2) is 39.6 Å². The molecule has 31 heavy (non-hydrogen) atoms. The Morgan fingerprint density at radius 2 is 1.97 bits per heavy atom. The average molecular weight is 421 g/mol. The summed E-state index contributed by atoms with van der Waals surface area (Å²) in [5.74, 6) is -0.0753. The molecule has 0 bridgehead atoms. The monoisotopic (exact) mass is 420 g/mol. The van der Waals surface area contributed by atoms with Crippen molar-refractivity contribution in [1.29, 1.82) is 0 Å². The van der Waals surface area contributed by atoms with Gasteiger partial charge >= 0.3 is 0 Å². The summed E-state index contributed by atoms with van der Waals surface area (Å²) in [5, 5.41) is 7.73. The highest BCUT2D eigenvalue weighted by molar-refractivity contribution is 5.92. The first-order valence-corrected chi connectivity index (χ1v) is 10.7. The van der Waals surface area contributed by atoms with Crippen molar-refractivity contribution < 1.29 is 14.0 Å². The molecule has 7 nitrogen and oxygen atoms in total. The predicted octanol–water partition coefficient (Wildman–Crippen LogP) is 3.31. The van der Waals surface area contributed by atoms with E-state index in [-0.39, 0.29) is 17.7 Å². The Kier molecular flexibility index (Phi) is 6.21. The second kappa shape index (κ2) is 9.20. The molecule has 7 heteroatoms. The highest BCUT2D eigenvalue weighted by Gasteiger charge is 2.30. The van der Waals surface area contributed by atoms with E-state index < -0.39 is 0 Å². The third kappa shape index (κ3) is 4.71. The first-order valence-electron chi connectivity index (χ1n) is 10.7. The molecule has 162 valence electrons. The van der Waals surface area contributed by atoms with Gasteiger partial charge in [0.05, 0.1) is 24.4 Å². The van der Waals surface area contributed by atoms with Crippen LogP contribution in [0.25, 0.3) is 0 Å². The minimum absolute atomic E-state index is 0.0217. The van der Waals surface area contributed by atoms with E-state index in [0.29, 0.717) is 31.9 Å². The number of nitrogens with zero attached hydrogens (tertiary/aromatic N) is 3. The van der Waals surface area contributed by atoms with E-state index in [1.54, 1.807) is 17.0 Å². The molecule has 4 rings (SSSR count). The molecule has 1 fully saturated rings. The number of piperidine rings is 1. The molecule has 1 saturated heterocycles. The number of nitrogens with one attached hydrogen (secondary N) is 1. The molecular formula is C24H28N4O3. The molecule has 2 aromatic heterocycles. The number of likely N-dealkylation sites (tertiary alicyclic amines) is 1. The number of rotatable bonds is 6. The van der Waals surface area contributed by atoms with Gasteiger partial charge in [0.1, 0.15) is 0 Å². The molecule has 0 aliphatic carbocycles. The minimum atomic E-state index is -0.215. The average Bonchev–Trinajstić information content (AvgIpc) is 3.41. The van der Waals surface area contributed by atoms with Gasteiger partial charge in [0.15, 0.2) is 5.76 Å². The number of hydrogen-bond donors (Lipinski definition) is 1. The summed E-state index contributed by atoms with van der Waals surface area (Å²) in [4.78, 5) is 27.1. The van der Waals surface area contributed by atoms with Gasteiger partial charge in [-0.05, 0) is 44.4 Å². The van der Waals surface area contributed by atoms with Gasteiger partial charge in [-0.2, -0.15) is 5.10 Å². The maximum atomic E-state index is 12.8. The minimum Gasteiger partial charge on any atom is -0.459 e. The van der Waals surface area contributed by atoms with E-state index in [1.807, 2.05) is 36.7 Å². The molecule has 3 aromatic rings. The molecule has 3 heterocycles. The molecule has 1 aromatic carbocycles. The van der Waals surface area contributed by atoms with E-state index in [4.69, 9.17) is 4.42 Å². The number of aryl methyl sites for hydroxylation is 1. The predicted molar refractivity (Wildman–Crippen MR) is 116 cm³/mol. The molecule has 1 atom stereocenters. The molecule has 1 N–H and O–H groups in total. The van der Waals surface area contributed by atoms with Crippen LogP contribution in [0, 0.1) is 19.8 Å². The quantitative estimate of drug-likeness (QED) is 0.663. The van der Waals surface area contributed by atoms with Gasteiger partial charge < -0.3 is 14.6 Å². The summed E-state index contributed by atoms with van der Waals surface area (Å²) in [6, 6.07) is 13.6. The van der Waals surface area contributed by atoms with E-state index >= 15 is 0 Å². The van der Waals surface area contributed by atoms with Crippen LogP contribution in [-0.2, 0) is 17.9 Å². The van der Waals surface area contributed by atoms with Crippen LogP contribution in [0.1, 0.15) is 45.9 Å². The zero-order chi connectivity index (χ0) is 21.8. The highest BCUT2D eigenvalue weighted by Crippen LogP contribution is 2.20. The smallest absolute Gasteiger partial charge is 0.289 e. The first kappa shape index (κ1) is 20.9. The molecule has 0 spiro atoms. The van der Waals surface area contributed by atoms with Crippen LogP contribution in [0.4, 0.5) is 0 Å². The van der Waals surface area contributed by atoms with Crippen LogP contribution >= 0.6 is 0 Å². The Morgan fingerprint density at radius 3 is 2.71 bits per heavy atom. The van der Waals surface area contributed by atoms with Crippen LogP contribution < -0.4 is 5.32 Å². The Balaban J connectivity index is 1.37. The third-order valence-electron chi connectivity index (χ3n) is 5.96. The summed E-state index contributed by atoms with van der Waals surface area (Å²) in [5.41, 5.74) is 4.21. The van der Waals surface area contributed by atoms with Crippen molar-refractivity contribution >= 4 is 11.8 Å². The van der Waals surface area contributed by atoms with Gasteiger partial charge in [-0.3, -0.25) is 14.3 Å². The van der Waals surface area contributed by atoms with Crippen molar-refractivity contribution in [2.75, 3.05) is 13.1 Å². The molecule has 2 amide bonds. The summed E-state index contributed by atoms with van der Waals surface area (Å²) in [7, 11) is 0. The maximum Gasteiger partial charge on any atom is 0.289 e. The number of carbonyl (C=O) groups is 2. The molecular weight excluding hydrogens is 392 g/mol. The fraction of sp³-hybridized carbons (Fsp3) is 0.375. The van der Waals surface area contributed by atoms with E-state index in [0.717, 1.165) is 29.8 Å². The lowest BCUT2D eigenvalue weighted by Gasteiger charge is -2.31. The Labute approximate surface area is 182 Å². The van der Waals surface area contributed by atoms with E-state index in [2.05, 4.69) is 22.5 Å². The topological polar surface area (TPSA) is 80.4 Å². The van der Waals surface area contributed by atoms with Crippen molar-refractivity contribution in [2.24, 2.45) is 5.92 Å². The lowest BCUT2D eigenvalue weighted by atomic mass is 9.96. The van der Waals surface area contributed by atoms with Crippen molar-refractivity contribution in [3.8, 4) is 0 Å². The summed E-state index contributed by atoms with van der Waals surface area (Å²) < 4.78 is 7.20. The molecule has 1 aliphatic rings. The standard InChI is InChI=1S/C24H28N4O3/c1-17-21(18(2)28(26-17)15-19-8-4-3-5-9-19)14-25-23(29)20-10-6-12-27(16-20)24(30)22-11-7-13-31-22/h3-5,7-9,11,13,20H,6,10,12,14-16H2,1-2H3,(H,25,29). The Hall–Kier alpha value is -3.35. The van der Waals surface area contributed by atoms with Crippen molar-refractivity contribution in [2.45, 2.75) is 39.8 Å². The van der Waals surface area contributed by atoms with Gasteiger partial charge in [0.2, 0.25) is 5.91 Å². The van der Waals surface area contributed by atoms with E-state index in [9.17, 15) is 9.59 Å². The van der Waals surface area contributed by atoms with Crippen LogP contribution in [0.3, 0.4) is 0 Å². The Bertz CT molecular complexity index is 1040. The fourth-order valence-electron chi connectivity index (χ4n) is 4.15. The maximum absolute atomic E-state index is 12.8. The first-order chi connectivity index (χ1) is 15.0. The van der Waals surface area contributed by atoms with E-state index in [1.165, 1.54) is 11.8 Å². The number of benzene rings is 1. The van der Waals surface area contributed by atoms with Crippen molar-refractivity contribution in [3.05, 3.63) is 77.0 Å². The number of aromatic nitrogens is 2. The van der Waals surface area contributed by atoms with Crippen molar-refractivity contribution in [1.82, 2.24) is 20.0 Å². The normalized spacial score (nSPS) is 16.3. The third-order valence-corrected chi connectivity index (χ3v) is 5.96. The number of hydrogen-bond acceptors (Lipinski definition) is 4. The summed E-state index contributed by atoms with van der Waals surface area (Å²) >= 11 is 0. The van der Waals surface area contributed by atoms with Gasteiger partial charge in [-0.15, -0.1) is 0 Å². The molecule has 0 saturated carbocycles. The second-order valence-electron chi connectivity index (χ2n) is 8.08. The SMILES string of the molecule is Cc1nn(Cc2ccccc2)c(C)c1CNC(=O)C1CCCN(C(=O)c2ccco2)C1.